The standard InChI is InChI=1S/C12H15N3S/c1-9-3-5-11(6-4-9)7-10(2)8-14-15-12(13)16/h3-8H,1-2H3,(H3,13,15,16)/b10-7+,14-8+. The summed E-state index contributed by atoms with van der Waals surface area (Å²) in [5.41, 5.74) is 11.2. The molecule has 0 bridgehead atoms. The van der Waals surface area contributed by atoms with Gasteiger partial charge >= 0.3 is 0 Å². The molecule has 1 rings (SSSR count). The van der Waals surface area contributed by atoms with Gasteiger partial charge in [0, 0.05) is 0 Å². The van der Waals surface area contributed by atoms with Gasteiger partial charge < -0.3 is 5.73 Å². The molecule has 0 aromatic heterocycles. The van der Waals surface area contributed by atoms with Crippen molar-refractivity contribution in [3.05, 3.63) is 41.0 Å². The summed E-state index contributed by atoms with van der Waals surface area (Å²) in [6, 6.07) is 8.27. The molecule has 3 nitrogen and oxygen atoms in total. The van der Waals surface area contributed by atoms with Crippen LogP contribution in [0.25, 0.3) is 6.08 Å². The second kappa shape index (κ2) is 6.02. The van der Waals surface area contributed by atoms with Gasteiger partial charge in [0.15, 0.2) is 5.11 Å². The van der Waals surface area contributed by atoms with E-state index in [1.54, 1.807) is 6.21 Å². The largest absolute Gasteiger partial charge is 0.375 e. The van der Waals surface area contributed by atoms with Gasteiger partial charge in [-0.3, -0.25) is 5.43 Å². The molecule has 4 heteroatoms. The van der Waals surface area contributed by atoms with E-state index in [-0.39, 0.29) is 5.11 Å². The lowest BCUT2D eigenvalue weighted by molar-refractivity contribution is 1.04. The first kappa shape index (κ1) is 12.4. The predicted octanol–water partition coefficient (Wildman–Crippen LogP) is 2.22. The van der Waals surface area contributed by atoms with Crippen molar-refractivity contribution in [1.82, 2.24) is 5.43 Å². The van der Waals surface area contributed by atoms with E-state index < -0.39 is 0 Å². The number of hydrogen-bond donors (Lipinski definition) is 2. The molecule has 84 valence electrons. The van der Waals surface area contributed by atoms with E-state index in [1.165, 1.54) is 5.56 Å². The molecule has 0 aliphatic carbocycles. The Hall–Kier alpha value is -1.68. The number of hydrogen-bond acceptors (Lipinski definition) is 2. The normalized spacial score (nSPS) is 11.8. The van der Waals surface area contributed by atoms with Gasteiger partial charge in [-0.1, -0.05) is 35.9 Å². The van der Waals surface area contributed by atoms with Crippen molar-refractivity contribution in [2.24, 2.45) is 10.8 Å². The van der Waals surface area contributed by atoms with Crippen molar-refractivity contribution >= 4 is 29.6 Å². The third-order valence-corrected chi connectivity index (χ3v) is 2.01. The second-order valence-electron chi connectivity index (χ2n) is 3.53. The van der Waals surface area contributed by atoms with Gasteiger partial charge in [0.25, 0.3) is 0 Å². The Morgan fingerprint density at radius 1 is 1.38 bits per heavy atom. The van der Waals surface area contributed by atoms with E-state index in [0.29, 0.717) is 0 Å². The number of allylic oxidation sites excluding steroid dienone is 1. The zero-order chi connectivity index (χ0) is 12.0. The molecule has 0 heterocycles. The molecule has 0 saturated carbocycles. The molecule has 3 N–H and O–H groups in total. The van der Waals surface area contributed by atoms with Crippen LogP contribution in [0.5, 0.6) is 0 Å². The molecular weight excluding hydrogens is 218 g/mol. The fraction of sp³-hybridized carbons (Fsp3) is 0.167. The Bertz CT molecular complexity index is 418. The van der Waals surface area contributed by atoms with Gasteiger partial charge in [-0.2, -0.15) is 5.10 Å². The number of thiocarbonyl (C=S) groups is 1. The molecule has 0 amide bonds. The predicted molar refractivity (Wildman–Crippen MR) is 73.2 cm³/mol. The number of rotatable bonds is 3. The fourth-order valence-electron chi connectivity index (χ4n) is 1.16. The zero-order valence-electron chi connectivity index (χ0n) is 9.40. The molecule has 0 fully saturated rings. The maximum atomic E-state index is 5.23. The summed E-state index contributed by atoms with van der Waals surface area (Å²) >= 11 is 4.63. The highest BCUT2D eigenvalue weighted by Gasteiger charge is 1.89. The van der Waals surface area contributed by atoms with Crippen molar-refractivity contribution in [2.75, 3.05) is 0 Å². The number of hydrazone groups is 1. The molecule has 0 unspecified atom stereocenters. The highest BCUT2D eigenvalue weighted by atomic mass is 32.1. The maximum Gasteiger partial charge on any atom is 0.184 e. The molecule has 0 saturated heterocycles. The molecular formula is C12H15N3S. The Balaban J connectivity index is 2.66. The third-order valence-electron chi connectivity index (χ3n) is 1.91. The number of nitrogens with zero attached hydrogens (tertiary/aromatic N) is 1. The number of benzene rings is 1. The van der Waals surface area contributed by atoms with E-state index in [9.17, 15) is 0 Å². The van der Waals surface area contributed by atoms with Crippen molar-refractivity contribution in [3.8, 4) is 0 Å². The molecule has 16 heavy (non-hydrogen) atoms. The lowest BCUT2D eigenvalue weighted by Gasteiger charge is -1.97. The molecule has 0 aliphatic rings. The topological polar surface area (TPSA) is 50.4 Å². The Morgan fingerprint density at radius 2 is 2.00 bits per heavy atom. The average Bonchev–Trinajstić information content (AvgIpc) is 2.21. The minimum atomic E-state index is 0.166. The first-order chi connectivity index (χ1) is 7.58. The highest BCUT2D eigenvalue weighted by Crippen LogP contribution is 2.07. The molecule has 0 aliphatic heterocycles. The van der Waals surface area contributed by atoms with Gasteiger partial charge in [-0.05, 0) is 37.2 Å². The summed E-state index contributed by atoms with van der Waals surface area (Å²) in [4.78, 5) is 0. The number of aryl methyl sites for hydroxylation is 1. The molecule has 0 radical (unpaired) electrons. The van der Waals surface area contributed by atoms with E-state index in [2.05, 4.69) is 53.9 Å². The van der Waals surface area contributed by atoms with Crippen molar-refractivity contribution in [1.29, 1.82) is 0 Å². The van der Waals surface area contributed by atoms with Gasteiger partial charge in [0.05, 0.1) is 6.21 Å². The summed E-state index contributed by atoms with van der Waals surface area (Å²) in [6.07, 6.45) is 3.71. The first-order valence-corrected chi connectivity index (χ1v) is 5.32. The summed E-state index contributed by atoms with van der Waals surface area (Å²) in [5.74, 6) is 0. The van der Waals surface area contributed by atoms with Crippen LogP contribution in [0, 0.1) is 6.92 Å². The van der Waals surface area contributed by atoms with Crippen molar-refractivity contribution in [2.45, 2.75) is 13.8 Å². The van der Waals surface area contributed by atoms with Crippen LogP contribution in [0.2, 0.25) is 0 Å². The van der Waals surface area contributed by atoms with Gasteiger partial charge in [-0.15, -0.1) is 0 Å². The minimum absolute atomic E-state index is 0.166. The zero-order valence-corrected chi connectivity index (χ0v) is 10.2. The van der Waals surface area contributed by atoms with Crippen LogP contribution in [0.3, 0.4) is 0 Å². The Labute approximate surface area is 101 Å². The summed E-state index contributed by atoms with van der Waals surface area (Å²) in [5, 5.41) is 4.04. The average molecular weight is 233 g/mol. The van der Waals surface area contributed by atoms with E-state index >= 15 is 0 Å². The van der Waals surface area contributed by atoms with Gasteiger partial charge in [0.1, 0.15) is 0 Å². The lowest BCUT2D eigenvalue weighted by Crippen LogP contribution is -2.23. The molecule has 0 atom stereocenters. The van der Waals surface area contributed by atoms with Gasteiger partial charge in [0.2, 0.25) is 0 Å². The quantitative estimate of drug-likeness (QED) is 0.478. The van der Waals surface area contributed by atoms with Crippen LogP contribution in [0.15, 0.2) is 34.9 Å². The third kappa shape index (κ3) is 4.70. The van der Waals surface area contributed by atoms with E-state index in [1.807, 2.05) is 13.0 Å². The van der Waals surface area contributed by atoms with E-state index in [4.69, 9.17) is 5.73 Å². The van der Waals surface area contributed by atoms with Crippen LogP contribution in [0.1, 0.15) is 18.1 Å². The smallest absolute Gasteiger partial charge is 0.184 e. The maximum absolute atomic E-state index is 5.23. The second-order valence-corrected chi connectivity index (χ2v) is 3.97. The number of nitrogens with two attached hydrogens (primary N) is 1. The number of nitrogens with one attached hydrogen (secondary N) is 1. The summed E-state index contributed by atoms with van der Waals surface area (Å²) < 4.78 is 0. The van der Waals surface area contributed by atoms with E-state index in [0.717, 1.165) is 11.1 Å². The molecule has 1 aromatic rings. The summed E-state index contributed by atoms with van der Waals surface area (Å²) in [7, 11) is 0. The van der Waals surface area contributed by atoms with Crippen LogP contribution in [0.4, 0.5) is 0 Å². The first-order valence-electron chi connectivity index (χ1n) is 4.91. The van der Waals surface area contributed by atoms with Crippen molar-refractivity contribution in [3.63, 3.8) is 0 Å². The van der Waals surface area contributed by atoms with Crippen LogP contribution in [-0.4, -0.2) is 11.3 Å². The molecule has 1 aromatic carbocycles. The van der Waals surface area contributed by atoms with Crippen molar-refractivity contribution < 1.29 is 0 Å². The van der Waals surface area contributed by atoms with Gasteiger partial charge in [-0.25, -0.2) is 0 Å². The lowest BCUT2D eigenvalue weighted by atomic mass is 10.1. The summed E-state index contributed by atoms with van der Waals surface area (Å²) in [6.45, 7) is 4.03. The highest BCUT2D eigenvalue weighted by molar-refractivity contribution is 7.80. The van der Waals surface area contributed by atoms with Crippen LogP contribution >= 0.6 is 12.2 Å². The Morgan fingerprint density at radius 3 is 2.56 bits per heavy atom. The monoisotopic (exact) mass is 233 g/mol. The molecule has 0 spiro atoms. The minimum Gasteiger partial charge on any atom is -0.375 e. The van der Waals surface area contributed by atoms with Crippen LogP contribution in [-0.2, 0) is 0 Å². The fourth-order valence-corrected chi connectivity index (χ4v) is 1.21. The Kier molecular flexibility index (Phi) is 4.66. The SMILES string of the molecule is CC(/C=N/NC(N)=S)=C\c1ccc(C)cc1. The van der Waals surface area contributed by atoms with Crippen LogP contribution < -0.4 is 11.2 Å².